The van der Waals surface area contributed by atoms with E-state index in [1.54, 1.807) is 7.11 Å². The van der Waals surface area contributed by atoms with Gasteiger partial charge in [0.25, 0.3) is 0 Å². The van der Waals surface area contributed by atoms with Crippen molar-refractivity contribution in [3.63, 3.8) is 0 Å². The van der Waals surface area contributed by atoms with Crippen LogP contribution in [0.2, 0.25) is 0 Å². The molecule has 0 aromatic rings. The number of rotatable bonds is 6. The van der Waals surface area contributed by atoms with Gasteiger partial charge in [-0.1, -0.05) is 0 Å². The lowest BCUT2D eigenvalue weighted by atomic mass is 9.87. The topological polar surface area (TPSA) is 30.9 Å². The minimum absolute atomic E-state index is 0.0739. The summed E-state index contributed by atoms with van der Waals surface area (Å²) >= 11 is 0. The van der Waals surface area contributed by atoms with E-state index >= 15 is 0 Å². The number of methoxy groups -OCH3 is 1. The molecule has 2 fully saturated rings. The summed E-state index contributed by atoms with van der Waals surface area (Å²) in [4.78, 5) is 2.61. The first-order chi connectivity index (χ1) is 9.59. The maximum atomic E-state index is 5.82. The number of hydrogen-bond acceptors (Lipinski definition) is 4. The van der Waals surface area contributed by atoms with Crippen molar-refractivity contribution in [3.8, 4) is 0 Å². The molecule has 0 amide bonds. The fourth-order valence-electron chi connectivity index (χ4n) is 3.44. The van der Waals surface area contributed by atoms with Gasteiger partial charge in [-0.15, -0.1) is 0 Å². The van der Waals surface area contributed by atoms with Gasteiger partial charge in [-0.2, -0.15) is 0 Å². The van der Waals surface area contributed by atoms with Crippen LogP contribution in [-0.2, 0) is 14.2 Å². The van der Waals surface area contributed by atoms with Crippen LogP contribution in [0.25, 0.3) is 0 Å². The normalized spacial score (nSPS) is 28.6. The molecule has 0 aliphatic carbocycles. The second-order valence-electron chi connectivity index (χ2n) is 6.83. The Morgan fingerprint density at radius 1 is 1.15 bits per heavy atom. The summed E-state index contributed by atoms with van der Waals surface area (Å²) in [5.74, 6) is 0.796. The molecule has 0 radical (unpaired) electrons. The van der Waals surface area contributed by atoms with Gasteiger partial charge in [-0.3, -0.25) is 0 Å². The highest BCUT2D eigenvalue weighted by Gasteiger charge is 2.30. The zero-order chi connectivity index (χ0) is 14.4. The predicted molar refractivity (Wildman–Crippen MR) is 80.0 cm³/mol. The first-order valence-corrected chi connectivity index (χ1v) is 8.06. The fourth-order valence-corrected chi connectivity index (χ4v) is 3.44. The molecule has 2 rings (SSSR count). The number of piperidine rings is 1. The van der Waals surface area contributed by atoms with E-state index in [-0.39, 0.29) is 5.60 Å². The maximum absolute atomic E-state index is 5.82. The van der Waals surface area contributed by atoms with Crippen molar-refractivity contribution < 1.29 is 14.2 Å². The van der Waals surface area contributed by atoms with E-state index in [1.165, 1.54) is 32.5 Å². The molecule has 4 heteroatoms. The molecule has 2 aliphatic rings. The molecule has 0 bridgehead atoms. The first-order valence-electron chi connectivity index (χ1n) is 8.06. The quantitative estimate of drug-likeness (QED) is 0.701. The number of hydrogen-bond donors (Lipinski definition) is 0. The van der Waals surface area contributed by atoms with Crippen LogP contribution in [0.15, 0.2) is 0 Å². The molecule has 2 heterocycles. The van der Waals surface area contributed by atoms with Crippen molar-refractivity contribution in [3.05, 3.63) is 0 Å². The Morgan fingerprint density at radius 3 is 2.55 bits per heavy atom. The van der Waals surface area contributed by atoms with Gasteiger partial charge in [0.1, 0.15) is 0 Å². The molecule has 0 N–H and O–H groups in total. The standard InChI is InChI=1S/C16H31NO3/c1-16(2)12-14(6-9-20-16)13-17-7-4-15(5-8-17)19-11-10-18-3/h14-15H,4-13H2,1-3H3. The Labute approximate surface area is 123 Å². The van der Waals surface area contributed by atoms with Crippen molar-refractivity contribution in [1.29, 1.82) is 0 Å². The van der Waals surface area contributed by atoms with Gasteiger partial charge >= 0.3 is 0 Å². The molecular weight excluding hydrogens is 254 g/mol. The Hall–Kier alpha value is -0.160. The van der Waals surface area contributed by atoms with Crippen molar-refractivity contribution >= 4 is 0 Å². The van der Waals surface area contributed by atoms with E-state index in [0.717, 1.165) is 32.0 Å². The van der Waals surface area contributed by atoms with E-state index < -0.39 is 0 Å². The lowest BCUT2D eigenvalue weighted by Gasteiger charge is -2.39. The van der Waals surface area contributed by atoms with Gasteiger partial charge in [0.15, 0.2) is 0 Å². The van der Waals surface area contributed by atoms with Crippen LogP contribution >= 0.6 is 0 Å². The SMILES string of the molecule is COCCOC1CCN(CC2CCOC(C)(C)C2)CC1. The third-order valence-corrected chi connectivity index (χ3v) is 4.49. The van der Waals surface area contributed by atoms with Crippen LogP contribution in [0.5, 0.6) is 0 Å². The summed E-state index contributed by atoms with van der Waals surface area (Å²) in [6, 6.07) is 0. The minimum Gasteiger partial charge on any atom is -0.382 e. The average molecular weight is 285 g/mol. The van der Waals surface area contributed by atoms with E-state index in [1.807, 2.05) is 0 Å². The van der Waals surface area contributed by atoms with Gasteiger partial charge in [0.05, 0.1) is 24.9 Å². The maximum Gasteiger partial charge on any atom is 0.0704 e. The summed E-state index contributed by atoms with van der Waals surface area (Å²) in [7, 11) is 1.72. The van der Waals surface area contributed by atoms with E-state index in [2.05, 4.69) is 18.7 Å². The van der Waals surface area contributed by atoms with Gasteiger partial charge in [0.2, 0.25) is 0 Å². The van der Waals surface area contributed by atoms with Crippen molar-refractivity contribution in [2.75, 3.05) is 46.6 Å². The third kappa shape index (κ3) is 5.32. The Balaban J connectivity index is 1.64. The third-order valence-electron chi connectivity index (χ3n) is 4.49. The number of nitrogens with zero attached hydrogens (tertiary/aromatic N) is 1. The molecule has 1 atom stereocenters. The van der Waals surface area contributed by atoms with Gasteiger partial charge in [0, 0.05) is 33.4 Å². The highest BCUT2D eigenvalue weighted by molar-refractivity contribution is 4.82. The molecule has 0 saturated carbocycles. The van der Waals surface area contributed by atoms with Crippen LogP contribution in [0.1, 0.15) is 39.5 Å². The molecular formula is C16H31NO3. The largest absolute Gasteiger partial charge is 0.382 e. The summed E-state index contributed by atoms with van der Waals surface area (Å²) in [5.41, 5.74) is 0.0739. The van der Waals surface area contributed by atoms with Crippen LogP contribution in [0.3, 0.4) is 0 Å². The van der Waals surface area contributed by atoms with Crippen LogP contribution < -0.4 is 0 Å². The Kier molecular flexibility index (Phi) is 6.27. The summed E-state index contributed by atoms with van der Waals surface area (Å²) in [6.07, 6.45) is 5.17. The molecule has 2 saturated heterocycles. The molecule has 2 aliphatic heterocycles. The molecule has 0 spiro atoms. The number of likely N-dealkylation sites (tertiary alicyclic amines) is 1. The molecule has 118 valence electrons. The van der Waals surface area contributed by atoms with Crippen LogP contribution in [0, 0.1) is 5.92 Å². The molecule has 1 unspecified atom stereocenters. The smallest absolute Gasteiger partial charge is 0.0704 e. The van der Waals surface area contributed by atoms with E-state index in [9.17, 15) is 0 Å². The molecule has 0 aromatic heterocycles. The Morgan fingerprint density at radius 2 is 1.90 bits per heavy atom. The molecule has 20 heavy (non-hydrogen) atoms. The fraction of sp³-hybridized carbons (Fsp3) is 1.00. The molecule has 0 aromatic carbocycles. The summed E-state index contributed by atoms with van der Waals surface area (Å²) in [5, 5.41) is 0. The Bertz CT molecular complexity index is 275. The van der Waals surface area contributed by atoms with Crippen LogP contribution in [0.4, 0.5) is 0 Å². The highest BCUT2D eigenvalue weighted by Crippen LogP contribution is 2.29. The zero-order valence-corrected chi connectivity index (χ0v) is 13.4. The summed E-state index contributed by atoms with van der Waals surface area (Å²) < 4.78 is 16.7. The monoisotopic (exact) mass is 285 g/mol. The zero-order valence-electron chi connectivity index (χ0n) is 13.4. The highest BCUT2D eigenvalue weighted by atomic mass is 16.5. The van der Waals surface area contributed by atoms with Gasteiger partial charge in [-0.25, -0.2) is 0 Å². The average Bonchev–Trinajstić information content (AvgIpc) is 2.40. The predicted octanol–water partition coefficient (Wildman–Crippen LogP) is 2.32. The number of ether oxygens (including phenoxy) is 3. The van der Waals surface area contributed by atoms with Crippen molar-refractivity contribution in [2.24, 2.45) is 5.92 Å². The van der Waals surface area contributed by atoms with Gasteiger partial charge in [-0.05, 0) is 45.4 Å². The lowest BCUT2D eigenvalue weighted by Crippen LogP contribution is -2.43. The van der Waals surface area contributed by atoms with Crippen LogP contribution in [-0.4, -0.2) is 63.2 Å². The minimum atomic E-state index is 0.0739. The lowest BCUT2D eigenvalue weighted by molar-refractivity contribution is -0.0800. The molecule has 4 nitrogen and oxygen atoms in total. The van der Waals surface area contributed by atoms with Crippen molar-refractivity contribution in [1.82, 2.24) is 4.90 Å². The van der Waals surface area contributed by atoms with Crippen molar-refractivity contribution in [2.45, 2.75) is 51.2 Å². The second-order valence-corrected chi connectivity index (χ2v) is 6.83. The van der Waals surface area contributed by atoms with E-state index in [0.29, 0.717) is 12.7 Å². The van der Waals surface area contributed by atoms with Gasteiger partial charge < -0.3 is 19.1 Å². The summed E-state index contributed by atoms with van der Waals surface area (Å²) in [6.45, 7) is 10.4. The first kappa shape index (κ1) is 16.2. The second kappa shape index (κ2) is 7.74. The van der Waals surface area contributed by atoms with E-state index in [4.69, 9.17) is 14.2 Å².